The van der Waals surface area contributed by atoms with E-state index in [9.17, 15) is 0 Å². The summed E-state index contributed by atoms with van der Waals surface area (Å²) in [6, 6.07) is 8.52. The van der Waals surface area contributed by atoms with Crippen LogP contribution in [0.2, 0.25) is 0 Å². The third kappa shape index (κ3) is 2.73. The predicted octanol–water partition coefficient (Wildman–Crippen LogP) is 2.31. The first-order chi connectivity index (χ1) is 9.36. The van der Waals surface area contributed by atoms with E-state index in [1.807, 2.05) is 12.1 Å². The first-order valence-electron chi connectivity index (χ1n) is 6.94. The number of ether oxygens (including phenoxy) is 2. The van der Waals surface area contributed by atoms with E-state index in [2.05, 4.69) is 17.4 Å². The Morgan fingerprint density at radius 2 is 2.11 bits per heavy atom. The minimum Gasteiger partial charge on any atom is -0.497 e. The second-order valence-electron chi connectivity index (χ2n) is 5.07. The predicted molar refractivity (Wildman–Crippen MR) is 74.8 cm³/mol. The van der Waals surface area contributed by atoms with Gasteiger partial charge in [0.25, 0.3) is 0 Å². The van der Waals surface area contributed by atoms with Crippen molar-refractivity contribution in [2.45, 2.75) is 31.3 Å². The van der Waals surface area contributed by atoms with Crippen molar-refractivity contribution < 1.29 is 9.47 Å². The summed E-state index contributed by atoms with van der Waals surface area (Å²) in [5, 5.41) is 3.48. The highest BCUT2D eigenvalue weighted by Gasteiger charge is 2.27. The number of hydrogen-bond donors (Lipinski definition) is 1. The van der Waals surface area contributed by atoms with E-state index in [1.165, 1.54) is 18.4 Å². The topological polar surface area (TPSA) is 42.9 Å². The average Bonchev–Trinajstić information content (AvgIpc) is 2.98. The summed E-state index contributed by atoms with van der Waals surface area (Å²) in [6.45, 7) is 1.72. The van der Waals surface area contributed by atoms with Gasteiger partial charge in [-0.2, -0.15) is 0 Å². The van der Waals surface area contributed by atoms with E-state index >= 15 is 0 Å². The summed E-state index contributed by atoms with van der Waals surface area (Å²) in [4.78, 5) is 4.73. The molecule has 2 aliphatic heterocycles. The van der Waals surface area contributed by atoms with Gasteiger partial charge in [-0.1, -0.05) is 18.6 Å². The number of aliphatic imine (C=N–C) groups is 1. The number of hydrogen-bond acceptors (Lipinski definition) is 4. The molecule has 1 fully saturated rings. The highest BCUT2D eigenvalue weighted by molar-refractivity contribution is 5.83. The van der Waals surface area contributed by atoms with Crippen molar-refractivity contribution in [3.05, 3.63) is 29.8 Å². The van der Waals surface area contributed by atoms with E-state index in [0.717, 1.165) is 24.6 Å². The van der Waals surface area contributed by atoms with E-state index in [0.29, 0.717) is 12.6 Å². The van der Waals surface area contributed by atoms with Gasteiger partial charge in [0.2, 0.25) is 5.90 Å². The summed E-state index contributed by atoms with van der Waals surface area (Å²) in [5.41, 5.74) is 1.19. The van der Waals surface area contributed by atoms with Crippen LogP contribution in [0.25, 0.3) is 0 Å². The van der Waals surface area contributed by atoms with E-state index in [-0.39, 0.29) is 6.04 Å². The van der Waals surface area contributed by atoms with Crippen molar-refractivity contribution in [1.29, 1.82) is 0 Å². The fraction of sp³-hybridized carbons (Fsp3) is 0.533. The lowest BCUT2D eigenvalue weighted by Crippen LogP contribution is -2.40. The zero-order valence-corrected chi connectivity index (χ0v) is 11.3. The highest BCUT2D eigenvalue weighted by Crippen LogP contribution is 2.26. The van der Waals surface area contributed by atoms with Crippen LogP contribution in [-0.2, 0) is 4.74 Å². The van der Waals surface area contributed by atoms with Crippen LogP contribution in [0.15, 0.2) is 29.3 Å². The Bertz CT molecular complexity index is 450. The summed E-state index contributed by atoms with van der Waals surface area (Å²) in [5.74, 6) is 1.77. The van der Waals surface area contributed by atoms with Gasteiger partial charge in [-0.3, -0.25) is 0 Å². The van der Waals surface area contributed by atoms with Crippen molar-refractivity contribution in [2.75, 3.05) is 20.3 Å². The Morgan fingerprint density at radius 1 is 1.26 bits per heavy atom. The Morgan fingerprint density at radius 3 is 2.79 bits per heavy atom. The molecular formula is C15H20N2O2. The Hall–Kier alpha value is -1.55. The Kier molecular flexibility index (Phi) is 3.69. The molecule has 4 nitrogen and oxygen atoms in total. The van der Waals surface area contributed by atoms with Gasteiger partial charge in [-0.25, -0.2) is 4.99 Å². The number of nitrogens with one attached hydrogen (secondary N) is 1. The molecule has 19 heavy (non-hydrogen) atoms. The van der Waals surface area contributed by atoms with Gasteiger partial charge < -0.3 is 14.8 Å². The smallest absolute Gasteiger partial charge is 0.201 e. The first kappa shape index (κ1) is 12.5. The molecule has 2 aliphatic rings. The van der Waals surface area contributed by atoms with Gasteiger partial charge in [-0.05, 0) is 37.1 Å². The highest BCUT2D eigenvalue weighted by atomic mass is 16.5. The number of nitrogens with zero attached hydrogens (tertiary/aromatic N) is 1. The summed E-state index contributed by atoms with van der Waals surface area (Å²) < 4.78 is 10.9. The molecule has 1 saturated heterocycles. The van der Waals surface area contributed by atoms with E-state index < -0.39 is 0 Å². The molecule has 2 unspecified atom stereocenters. The van der Waals surface area contributed by atoms with Crippen LogP contribution in [0.1, 0.15) is 30.9 Å². The summed E-state index contributed by atoms with van der Waals surface area (Å²) in [7, 11) is 1.68. The maximum atomic E-state index is 5.77. The van der Waals surface area contributed by atoms with Crippen molar-refractivity contribution >= 4 is 5.90 Å². The molecule has 0 amide bonds. The molecule has 2 atom stereocenters. The molecule has 4 heteroatoms. The minimum absolute atomic E-state index is 0.129. The number of piperidine rings is 1. The fourth-order valence-electron chi connectivity index (χ4n) is 2.64. The van der Waals surface area contributed by atoms with Crippen LogP contribution in [0, 0.1) is 0 Å². The molecule has 1 aromatic rings. The maximum absolute atomic E-state index is 5.77. The van der Waals surface area contributed by atoms with Gasteiger partial charge in [0.1, 0.15) is 18.4 Å². The second kappa shape index (κ2) is 5.61. The monoisotopic (exact) mass is 260 g/mol. The van der Waals surface area contributed by atoms with Crippen molar-refractivity contribution in [2.24, 2.45) is 4.99 Å². The van der Waals surface area contributed by atoms with Gasteiger partial charge >= 0.3 is 0 Å². The number of methoxy groups -OCH3 is 1. The van der Waals surface area contributed by atoms with E-state index in [4.69, 9.17) is 14.5 Å². The quantitative estimate of drug-likeness (QED) is 0.907. The van der Waals surface area contributed by atoms with Crippen LogP contribution in [0.3, 0.4) is 0 Å². The van der Waals surface area contributed by atoms with Crippen LogP contribution in [0.4, 0.5) is 0 Å². The molecule has 0 radical (unpaired) electrons. The summed E-state index contributed by atoms with van der Waals surface area (Å²) in [6.07, 6.45) is 3.65. The molecule has 0 aliphatic carbocycles. The van der Waals surface area contributed by atoms with Crippen molar-refractivity contribution in [3.8, 4) is 5.75 Å². The summed E-state index contributed by atoms with van der Waals surface area (Å²) >= 11 is 0. The molecule has 1 aromatic carbocycles. The third-order valence-electron chi connectivity index (χ3n) is 3.78. The number of rotatable bonds is 3. The molecule has 0 saturated carbocycles. The second-order valence-corrected chi connectivity index (χ2v) is 5.07. The molecule has 2 heterocycles. The Labute approximate surface area is 113 Å². The lowest BCUT2D eigenvalue weighted by atomic mass is 10.1. The third-order valence-corrected chi connectivity index (χ3v) is 3.78. The van der Waals surface area contributed by atoms with E-state index in [1.54, 1.807) is 7.11 Å². The normalized spacial score (nSPS) is 26.7. The number of benzene rings is 1. The zero-order chi connectivity index (χ0) is 13.1. The Balaban J connectivity index is 1.70. The maximum Gasteiger partial charge on any atom is 0.201 e. The average molecular weight is 260 g/mol. The molecule has 1 N–H and O–H groups in total. The fourth-order valence-corrected chi connectivity index (χ4v) is 2.64. The molecular weight excluding hydrogens is 240 g/mol. The van der Waals surface area contributed by atoms with Crippen LogP contribution in [0.5, 0.6) is 5.75 Å². The molecule has 102 valence electrons. The lowest BCUT2D eigenvalue weighted by Gasteiger charge is -2.22. The van der Waals surface area contributed by atoms with Crippen molar-refractivity contribution in [3.63, 3.8) is 0 Å². The minimum atomic E-state index is 0.129. The molecule has 3 rings (SSSR count). The van der Waals surface area contributed by atoms with Crippen LogP contribution < -0.4 is 10.1 Å². The largest absolute Gasteiger partial charge is 0.497 e. The molecule has 0 aromatic heterocycles. The zero-order valence-electron chi connectivity index (χ0n) is 11.3. The lowest BCUT2D eigenvalue weighted by molar-refractivity contribution is 0.293. The standard InChI is InChI=1S/C15H20N2O2/c1-18-12-7-5-11(6-8-12)14-10-19-15(17-14)13-4-2-3-9-16-13/h5-8,13-14,16H,2-4,9-10H2,1H3. The van der Waals surface area contributed by atoms with Crippen LogP contribution in [-0.4, -0.2) is 32.2 Å². The van der Waals surface area contributed by atoms with Crippen molar-refractivity contribution in [1.82, 2.24) is 5.32 Å². The van der Waals surface area contributed by atoms with Crippen LogP contribution >= 0.6 is 0 Å². The SMILES string of the molecule is COc1ccc(C2COC(C3CCCCN3)=N2)cc1. The first-order valence-corrected chi connectivity index (χ1v) is 6.94. The van der Waals surface area contributed by atoms with Gasteiger partial charge in [-0.15, -0.1) is 0 Å². The molecule has 0 bridgehead atoms. The van der Waals surface area contributed by atoms with Gasteiger partial charge in [0.05, 0.1) is 13.2 Å². The molecule has 0 spiro atoms. The van der Waals surface area contributed by atoms with Gasteiger partial charge in [0, 0.05) is 0 Å². The van der Waals surface area contributed by atoms with Gasteiger partial charge in [0.15, 0.2) is 0 Å².